The van der Waals surface area contributed by atoms with Gasteiger partial charge in [-0.2, -0.15) is 0 Å². The Bertz CT molecular complexity index is 973. The summed E-state index contributed by atoms with van der Waals surface area (Å²) in [7, 11) is 0. The lowest BCUT2D eigenvalue weighted by molar-refractivity contribution is -0.122. The van der Waals surface area contributed by atoms with Crippen LogP contribution in [0.2, 0.25) is 0 Å². The van der Waals surface area contributed by atoms with Gasteiger partial charge in [-0.3, -0.25) is 9.59 Å². The summed E-state index contributed by atoms with van der Waals surface area (Å²) in [6.07, 6.45) is 3.46. The summed E-state index contributed by atoms with van der Waals surface area (Å²) in [5.41, 5.74) is 1.26. The summed E-state index contributed by atoms with van der Waals surface area (Å²) in [6.45, 7) is 7.80. The van der Waals surface area contributed by atoms with Crippen LogP contribution in [0, 0.1) is 0 Å². The zero-order valence-corrected chi connectivity index (χ0v) is 17.1. The van der Waals surface area contributed by atoms with Gasteiger partial charge in [-0.05, 0) is 31.2 Å². The monoisotopic (exact) mass is 380 g/mol. The van der Waals surface area contributed by atoms with E-state index in [0.717, 1.165) is 18.4 Å². The smallest absolute Gasteiger partial charge is 0.196 e. The number of hydrogen-bond donors (Lipinski definition) is 1. The first-order chi connectivity index (χ1) is 13.4. The molecular weight excluding hydrogens is 352 g/mol. The minimum atomic E-state index is -0.912. The summed E-state index contributed by atoms with van der Waals surface area (Å²) < 4.78 is 6.18. The molecule has 148 valence electrons. The van der Waals surface area contributed by atoms with Gasteiger partial charge in [0.25, 0.3) is 0 Å². The minimum absolute atomic E-state index is 0.136. The molecule has 4 heteroatoms. The van der Waals surface area contributed by atoms with Crippen LogP contribution >= 0.6 is 0 Å². The highest BCUT2D eigenvalue weighted by Crippen LogP contribution is 2.44. The standard InChI is InChI=1S/C24H28O4/c1-5-9-15-10-12-16(13-11-15)19-14-18(25)20-21(26)17(6-2)22(27)24(7-3,8-4)23(20)28-19/h10-14,26H,5-9H2,1-4H3. The number of carbonyl (C=O) groups excluding carboxylic acids is 1. The molecule has 0 bridgehead atoms. The van der Waals surface area contributed by atoms with Crippen molar-refractivity contribution < 1.29 is 14.3 Å². The molecule has 28 heavy (non-hydrogen) atoms. The van der Waals surface area contributed by atoms with Gasteiger partial charge in [0.2, 0.25) is 0 Å². The predicted octanol–water partition coefficient (Wildman–Crippen LogP) is 5.58. The number of allylic oxidation sites excluding steroid dienone is 1. The second-order valence-corrected chi connectivity index (χ2v) is 7.43. The summed E-state index contributed by atoms with van der Waals surface area (Å²) >= 11 is 0. The Balaban J connectivity index is 2.25. The number of carbonyl (C=O) groups is 1. The van der Waals surface area contributed by atoms with E-state index in [-0.39, 0.29) is 22.5 Å². The van der Waals surface area contributed by atoms with E-state index in [1.54, 1.807) is 0 Å². The number of Topliss-reactive ketones (excluding diaryl/α,β-unsaturated/α-hetero) is 1. The van der Waals surface area contributed by atoms with Crippen molar-refractivity contribution in [1.82, 2.24) is 0 Å². The number of benzene rings is 1. The average Bonchev–Trinajstić information content (AvgIpc) is 2.70. The largest absolute Gasteiger partial charge is 0.507 e. The first-order valence-corrected chi connectivity index (χ1v) is 10.2. The Morgan fingerprint density at radius 2 is 1.64 bits per heavy atom. The van der Waals surface area contributed by atoms with Gasteiger partial charge >= 0.3 is 0 Å². The Kier molecular flexibility index (Phi) is 5.59. The van der Waals surface area contributed by atoms with Crippen LogP contribution in [-0.4, -0.2) is 10.9 Å². The predicted molar refractivity (Wildman–Crippen MR) is 112 cm³/mol. The van der Waals surface area contributed by atoms with Crippen molar-refractivity contribution in [1.29, 1.82) is 0 Å². The maximum Gasteiger partial charge on any atom is 0.196 e. The molecule has 0 saturated carbocycles. The van der Waals surface area contributed by atoms with Crippen LogP contribution in [0.25, 0.3) is 17.1 Å². The fourth-order valence-corrected chi connectivity index (χ4v) is 4.19. The SMILES string of the molecule is CCCc1ccc(-c2cc(=O)c3c(o2)C(CC)(CC)C(=O)C(CC)=C3O)cc1. The van der Waals surface area contributed by atoms with Crippen LogP contribution in [0.1, 0.15) is 70.3 Å². The zero-order chi connectivity index (χ0) is 20.5. The molecule has 1 aromatic heterocycles. The van der Waals surface area contributed by atoms with Crippen LogP contribution in [0.5, 0.6) is 0 Å². The molecule has 1 heterocycles. The van der Waals surface area contributed by atoms with Crippen molar-refractivity contribution in [2.75, 3.05) is 0 Å². The number of aryl methyl sites for hydroxylation is 1. The number of hydrogen-bond acceptors (Lipinski definition) is 4. The maximum atomic E-state index is 13.2. The van der Waals surface area contributed by atoms with E-state index in [1.807, 2.05) is 45.0 Å². The van der Waals surface area contributed by atoms with Crippen molar-refractivity contribution in [2.24, 2.45) is 0 Å². The Morgan fingerprint density at radius 3 is 2.18 bits per heavy atom. The Labute approximate surface area is 165 Å². The normalized spacial score (nSPS) is 15.6. The quantitative estimate of drug-likeness (QED) is 0.710. The third kappa shape index (κ3) is 3.01. The van der Waals surface area contributed by atoms with Crippen molar-refractivity contribution in [3.8, 4) is 11.3 Å². The van der Waals surface area contributed by atoms with Crippen LogP contribution in [0.15, 0.2) is 45.1 Å². The Morgan fingerprint density at radius 1 is 1.00 bits per heavy atom. The molecule has 1 aliphatic rings. The van der Waals surface area contributed by atoms with Crippen molar-refractivity contribution in [3.63, 3.8) is 0 Å². The molecule has 0 atom stereocenters. The highest BCUT2D eigenvalue weighted by Gasteiger charge is 2.48. The third-order valence-electron chi connectivity index (χ3n) is 5.95. The molecule has 0 fully saturated rings. The molecule has 0 amide bonds. The Hall–Kier alpha value is -2.62. The first kappa shape index (κ1) is 20.1. The fraction of sp³-hybridized carbons (Fsp3) is 0.417. The van der Waals surface area contributed by atoms with E-state index in [2.05, 4.69) is 6.92 Å². The number of fused-ring (bicyclic) bond motifs is 1. The summed E-state index contributed by atoms with van der Waals surface area (Å²) in [6, 6.07) is 9.36. The maximum absolute atomic E-state index is 13.2. The van der Waals surface area contributed by atoms with E-state index in [9.17, 15) is 14.7 Å². The van der Waals surface area contributed by atoms with E-state index in [1.165, 1.54) is 11.6 Å². The number of ketones is 1. The van der Waals surface area contributed by atoms with Gasteiger partial charge in [0.05, 0.1) is 5.41 Å². The van der Waals surface area contributed by atoms with Gasteiger partial charge in [0.1, 0.15) is 22.8 Å². The van der Waals surface area contributed by atoms with Crippen LogP contribution < -0.4 is 5.43 Å². The van der Waals surface area contributed by atoms with Crippen LogP contribution in [0.3, 0.4) is 0 Å². The lowest BCUT2D eigenvalue weighted by Gasteiger charge is -2.35. The van der Waals surface area contributed by atoms with E-state index < -0.39 is 5.41 Å². The lowest BCUT2D eigenvalue weighted by atomic mass is 9.68. The van der Waals surface area contributed by atoms with Crippen molar-refractivity contribution >= 4 is 11.5 Å². The second kappa shape index (κ2) is 7.78. The molecule has 2 aromatic rings. The van der Waals surface area contributed by atoms with Crippen molar-refractivity contribution in [2.45, 2.75) is 65.2 Å². The molecule has 0 spiro atoms. The van der Waals surface area contributed by atoms with Gasteiger partial charge < -0.3 is 9.52 Å². The molecule has 0 radical (unpaired) electrons. The average molecular weight is 380 g/mol. The minimum Gasteiger partial charge on any atom is -0.507 e. The topological polar surface area (TPSA) is 67.5 Å². The van der Waals surface area contributed by atoms with Gasteiger partial charge in [-0.1, -0.05) is 58.4 Å². The molecule has 0 aliphatic heterocycles. The number of aliphatic hydroxyl groups excluding tert-OH is 1. The second-order valence-electron chi connectivity index (χ2n) is 7.43. The van der Waals surface area contributed by atoms with E-state index in [4.69, 9.17) is 4.42 Å². The number of rotatable bonds is 6. The lowest BCUT2D eigenvalue weighted by Crippen LogP contribution is -2.41. The molecule has 0 saturated heterocycles. The van der Waals surface area contributed by atoms with E-state index >= 15 is 0 Å². The van der Waals surface area contributed by atoms with Gasteiger partial charge in [-0.25, -0.2) is 0 Å². The van der Waals surface area contributed by atoms with Gasteiger partial charge in [0, 0.05) is 17.2 Å². The van der Waals surface area contributed by atoms with Gasteiger partial charge in [0.15, 0.2) is 11.2 Å². The molecule has 1 N–H and O–H groups in total. The summed E-state index contributed by atoms with van der Waals surface area (Å²) in [4.78, 5) is 26.2. The van der Waals surface area contributed by atoms with Crippen LogP contribution in [0.4, 0.5) is 0 Å². The number of aliphatic hydroxyl groups is 1. The summed E-state index contributed by atoms with van der Waals surface area (Å²) in [5, 5.41) is 10.7. The fourth-order valence-electron chi connectivity index (χ4n) is 4.19. The van der Waals surface area contributed by atoms with E-state index in [0.29, 0.717) is 36.4 Å². The zero-order valence-electron chi connectivity index (χ0n) is 17.1. The third-order valence-corrected chi connectivity index (χ3v) is 5.95. The molecule has 0 unspecified atom stereocenters. The van der Waals surface area contributed by atoms with Crippen molar-refractivity contribution in [3.05, 3.63) is 63.0 Å². The molecular formula is C24H28O4. The molecule has 4 nitrogen and oxygen atoms in total. The summed E-state index contributed by atoms with van der Waals surface area (Å²) in [5.74, 6) is 0.373. The molecule has 1 aliphatic carbocycles. The molecule has 3 rings (SSSR count). The highest BCUT2D eigenvalue weighted by atomic mass is 16.3. The van der Waals surface area contributed by atoms with Crippen LogP contribution in [-0.2, 0) is 16.6 Å². The molecule has 1 aromatic carbocycles. The first-order valence-electron chi connectivity index (χ1n) is 10.2. The highest BCUT2D eigenvalue weighted by molar-refractivity contribution is 6.10. The van der Waals surface area contributed by atoms with Gasteiger partial charge in [-0.15, -0.1) is 0 Å².